The van der Waals surface area contributed by atoms with Crippen LogP contribution in [0.15, 0.2) is 12.4 Å². The molecule has 0 aliphatic rings. The molecular formula is C6H10ClN3. The van der Waals surface area contributed by atoms with Gasteiger partial charge in [-0.25, -0.2) is 4.98 Å². The van der Waals surface area contributed by atoms with Gasteiger partial charge in [-0.1, -0.05) is 0 Å². The number of halogens is 1. The summed E-state index contributed by atoms with van der Waals surface area (Å²) in [6, 6.07) is 0. The summed E-state index contributed by atoms with van der Waals surface area (Å²) in [6.45, 7) is 0.756. The molecule has 1 aromatic rings. The average molecular weight is 160 g/mol. The largest absolute Gasteiger partial charge is 0.354 e. The standard InChI is InChI=1S/C6H10ClN3/c1-10-5-4-9-6(10)8-3-2-7/h4-5H,2-3H2,1H3,(H,8,9). The first-order chi connectivity index (χ1) is 4.84. The van der Waals surface area contributed by atoms with Crippen molar-refractivity contribution in [2.45, 2.75) is 0 Å². The van der Waals surface area contributed by atoms with E-state index in [4.69, 9.17) is 11.6 Å². The second-order valence-electron chi connectivity index (χ2n) is 1.98. The van der Waals surface area contributed by atoms with Crippen molar-refractivity contribution in [3.05, 3.63) is 12.4 Å². The lowest BCUT2D eigenvalue weighted by Crippen LogP contribution is -2.06. The van der Waals surface area contributed by atoms with Crippen LogP contribution in [0.4, 0.5) is 5.95 Å². The number of alkyl halides is 1. The fourth-order valence-corrected chi connectivity index (χ4v) is 0.789. The summed E-state index contributed by atoms with van der Waals surface area (Å²) in [5.74, 6) is 1.47. The lowest BCUT2D eigenvalue weighted by atomic mass is 10.7. The highest BCUT2D eigenvalue weighted by Crippen LogP contribution is 1.99. The second-order valence-corrected chi connectivity index (χ2v) is 2.36. The van der Waals surface area contributed by atoms with Crippen molar-refractivity contribution in [3.8, 4) is 0 Å². The molecule has 0 atom stereocenters. The number of aryl methyl sites for hydroxylation is 1. The van der Waals surface area contributed by atoms with Crippen molar-refractivity contribution in [2.24, 2.45) is 7.05 Å². The van der Waals surface area contributed by atoms with E-state index in [-0.39, 0.29) is 0 Å². The molecule has 0 fully saturated rings. The number of anilines is 1. The zero-order chi connectivity index (χ0) is 7.40. The minimum atomic E-state index is 0.604. The quantitative estimate of drug-likeness (QED) is 0.669. The lowest BCUT2D eigenvalue weighted by Gasteiger charge is -2.01. The molecule has 0 aliphatic carbocycles. The van der Waals surface area contributed by atoms with Gasteiger partial charge in [0.2, 0.25) is 5.95 Å². The molecule has 4 heteroatoms. The van der Waals surface area contributed by atoms with E-state index in [2.05, 4.69) is 10.3 Å². The van der Waals surface area contributed by atoms with Crippen LogP contribution in [0.5, 0.6) is 0 Å². The zero-order valence-electron chi connectivity index (χ0n) is 5.84. The normalized spacial score (nSPS) is 9.80. The van der Waals surface area contributed by atoms with Gasteiger partial charge in [-0.2, -0.15) is 0 Å². The molecule has 1 rings (SSSR count). The molecule has 0 saturated carbocycles. The van der Waals surface area contributed by atoms with Crippen molar-refractivity contribution in [1.82, 2.24) is 9.55 Å². The predicted molar refractivity (Wildman–Crippen MR) is 42.4 cm³/mol. The third-order valence-corrected chi connectivity index (χ3v) is 1.39. The van der Waals surface area contributed by atoms with Crippen LogP contribution < -0.4 is 5.32 Å². The Morgan fingerprint density at radius 3 is 3.10 bits per heavy atom. The summed E-state index contributed by atoms with van der Waals surface area (Å²) in [6.07, 6.45) is 3.63. The number of aromatic nitrogens is 2. The Balaban J connectivity index is 2.49. The van der Waals surface area contributed by atoms with Crippen LogP contribution in [-0.4, -0.2) is 22.0 Å². The molecule has 1 aromatic heterocycles. The van der Waals surface area contributed by atoms with Gasteiger partial charge in [0.1, 0.15) is 0 Å². The molecule has 0 spiro atoms. The molecule has 0 amide bonds. The van der Waals surface area contributed by atoms with Gasteiger partial charge in [0.05, 0.1) is 0 Å². The van der Waals surface area contributed by atoms with E-state index in [0.29, 0.717) is 5.88 Å². The number of hydrogen-bond donors (Lipinski definition) is 1. The molecule has 3 nitrogen and oxygen atoms in total. The Labute approximate surface area is 65.0 Å². The maximum absolute atomic E-state index is 5.47. The van der Waals surface area contributed by atoms with Crippen molar-refractivity contribution >= 4 is 17.5 Å². The highest BCUT2D eigenvalue weighted by Gasteiger charge is 1.93. The number of hydrogen-bond acceptors (Lipinski definition) is 2. The van der Waals surface area contributed by atoms with Crippen LogP contribution >= 0.6 is 11.6 Å². The van der Waals surface area contributed by atoms with Crippen LogP contribution in [0.2, 0.25) is 0 Å². The predicted octanol–water partition coefficient (Wildman–Crippen LogP) is 1.07. The minimum absolute atomic E-state index is 0.604. The van der Waals surface area contributed by atoms with E-state index in [1.165, 1.54) is 0 Å². The number of imidazole rings is 1. The first-order valence-electron chi connectivity index (χ1n) is 3.11. The molecular weight excluding hydrogens is 150 g/mol. The molecule has 10 heavy (non-hydrogen) atoms. The fraction of sp³-hybridized carbons (Fsp3) is 0.500. The van der Waals surface area contributed by atoms with E-state index in [1.54, 1.807) is 6.20 Å². The summed E-state index contributed by atoms with van der Waals surface area (Å²) in [5.41, 5.74) is 0. The zero-order valence-corrected chi connectivity index (χ0v) is 6.60. The minimum Gasteiger partial charge on any atom is -0.354 e. The van der Waals surface area contributed by atoms with Gasteiger partial charge in [0.15, 0.2) is 0 Å². The molecule has 0 aromatic carbocycles. The Hall–Kier alpha value is -0.700. The highest BCUT2D eigenvalue weighted by atomic mass is 35.5. The maximum Gasteiger partial charge on any atom is 0.202 e. The average Bonchev–Trinajstić information content (AvgIpc) is 2.31. The van der Waals surface area contributed by atoms with E-state index in [0.717, 1.165) is 12.5 Å². The van der Waals surface area contributed by atoms with Crippen LogP contribution in [0, 0.1) is 0 Å². The number of rotatable bonds is 3. The number of nitrogens with zero attached hydrogens (tertiary/aromatic N) is 2. The van der Waals surface area contributed by atoms with Crippen molar-refractivity contribution in [3.63, 3.8) is 0 Å². The molecule has 56 valence electrons. The van der Waals surface area contributed by atoms with Crippen molar-refractivity contribution in [1.29, 1.82) is 0 Å². The summed E-state index contributed by atoms with van der Waals surface area (Å²) < 4.78 is 1.91. The van der Waals surface area contributed by atoms with Crippen LogP contribution in [-0.2, 0) is 7.05 Å². The summed E-state index contributed by atoms with van der Waals surface area (Å²) >= 11 is 5.47. The Morgan fingerprint density at radius 1 is 1.80 bits per heavy atom. The third kappa shape index (κ3) is 1.64. The smallest absolute Gasteiger partial charge is 0.202 e. The first kappa shape index (κ1) is 7.41. The Morgan fingerprint density at radius 2 is 2.60 bits per heavy atom. The van der Waals surface area contributed by atoms with Gasteiger partial charge in [-0.05, 0) is 0 Å². The molecule has 0 radical (unpaired) electrons. The number of nitrogens with one attached hydrogen (secondary N) is 1. The molecule has 1 N–H and O–H groups in total. The Bertz CT molecular complexity index is 197. The van der Waals surface area contributed by atoms with Crippen LogP contribution in [0.3, 0.4) is 0 Å². The molecule has 0 unspecified atom stereocenters. The van der Waals surface area contributed by atoms with E-state index in [9.17, 15) is 0 Å². The SMILES string of the molecule is Cn1ccnc1NCCCl. The van der Waals surface area contributed by atoms with E-state index >= 15 is 0 Å². The van der Waals surface area contributed by atoms with Crippen molar-refractivity contribution in [2.75, 3.05) is 17.7 Å². The van der Waals surface area contributed by atoms with Crippen LogP contribution in [0.1, 0.15) is 0 Å². The lowest BCUT2D eigenvalue weighted by molar-refractivity contribution is 0.907. The van der Waals surface area contributed by atoms with E-state index < -0.39 is 0 Å². The Kier molecular flexibility index (Phi) is 2.57. The summed E-state index contributed by atoms with van der Waals surface area (Å²) in [4.78, 5) is 4.05. The fourth-order valence-electron chi connectivity index (χ4n) is 0.695. The van der Waals surface area contributed by atoms with Gasteiger partial charge in [-0.3, -0.25) is 0 Å². The molecule has 0 bridgehead atoms. The van der Waals surface area contributed by atoms with Crippen molar-refractivity contribution < 1.29 is 0 Å². The van der Waals surface area contributed by atoms with Gasteiger partial charge in [0.25, 0.3) is 0 Å². The highest BCUT2D eigenvalue weighted by molar-refractivity contribution is 6.18. The topological polar surface area (TPSA) is 29.9 Å². The van der Waals surface area contributed by atoms with Crippen LogP contribution in [0.25, 0.3) is 0 Å². The molecule has 0 saturated heterocycles. The molecule has 1 heterocycles. The van der Waals surface area contributed by atoms with Gasteiger partial charge >= 0.3 is 0 Å². The van der Waals surface area contributed by atoms with Gasteiger partial charge in [0, 0.05) is 31.9 Å². The summed E-state index contributed by atoms with van der Waals surface area (Å²) in [5, 5.41) is 3.06. The van der Waals surface area contributed by atoms with Gasteiger partial charge in [-0.15, -0.1) is 11.6 Å². The summed E-state index contributed by atoms with van der Waals surface area (Å²) in [7, 11) is 1.93. The van der Waals surface area contributed by atoms with Gasteiger partial charge < -0.3 is 9.88 Å². The third-order valence-electron chi connectivity index (χ3n) is 1.20. The maximum atomic E-state index is 5.47. The van der Waals surface area contributed by atoms with E-state index in [1.807, 2.05) is 17.8 Å². The second kappa shape index (κ2) is 3.46. The molecule has 0 aliphatic heterocycles. The first-order valence-corrected chi connectivity index (χ1v) is 3.65. The monoisotopic (exact) mass is 159 g/mol.